The van der Waals surface area contributed by atoms with E-state index in [0.717, 1.165) is 77.0 Å². The van der Waals surface area contributed by atoms with Gasteiger partial charge in [-0.05, 0) is 70.6 Å². The maximum atomic E-state index is 12.7. The molecule has 312 valence electrons. The molecular formula is C48H84O6. The summed E-state index contributed by atoms with van der Waals surface area (Å²) < 4.78 is 16.6. The lowest BCUT2D eigenvalue weighted by molar-refractivity contribution is -0.167. The van der Waals surface area contributed by atoms with Crippen molar-refractivity contribution in [2.45, 2.75) is 226 Å². The fourth-order valence-corrected chi connectivity index (χ4v) is 6.16. The van der Waals surface area contributed by atoms with Gasteiger partial charge in [-0.2, -0.15) is 0 Å². The predicted octanol–water partition coefficient (Wildman–Crippen LogP) is 14.4. The smallest absolute Gasteiger partial charge is 0.306 e. The molecule has 0 fully saturated rings. The Kier molecular flexibility index (Phi) is 41.0. The second kappa shape index (κ2) is 43.1. The minimum Gasteiger partial charge on any atom is -0.462 e. The normalized spacial score (nSPS) is 12.4. The van der Waals surface area contributed by atoms with E-state index in [9.17, 15) is 14.4 Å². The number of esters is 3. The van der Waals surface area contributed by atoms with Crippen molar-refractivity contribution in [3.63, 3.8) is 0 Å². The summed E-state index contributed by atoms with van der Waals surface area (Å²) in [7, 11) is 0. The van der Waals surface area contributed by atoms with Crippen LogP contribution in [0.15, 0.2) is 48.6 Å². The zero-order valence-electron chi connectivity index (χ0n) is 35.5. The Morgan fingerprint density at radius 1 is 0.389 bits per heavy atom. The fourth-order valence-electron chi connectivity index (χ4n) is 6.16. The Bertz CT molecular complexity index is 964. The largest absolute Gasteiger partial charge is 0.462 e. The van der Waals surface area contributed by atoms with E-state index < -0.39 is 6.10 Å². The molecule has 0 N–H and O–H groups in total. The quantitative estimate of drug-likeness (QED) is 0.0268. The van der Waals surface area contributed by atoms with Gasteiger partial charge in [0.25, 0.3) is 0 Å². The molecule has 1 unspecified atom stereocenters. The van der Waals surface area contributed by atoms with Crippen molar-refractivity contribution in [1.29, 1.82) is 0 Å². The number of hydrogen-bond acceptors (Lipinski definition) is 6. The molecule has 0 aromatic carbocycles. The molecule has 0 aromatic rings. The molecule has 6 heteroatoms. The van der Waals surface area contributed by atoms with E-state index in [0.29, 0.717) is 19.3 Å². The molecule has 0 saturated heterocycles. The number of unbranched alkanes of at least 4 members (excludes halogenated alkanes) is 21. The van der Waals surface area contributed by atoms with Gasteiger partial charge in [-0.25, -0.2) is 0 Å². The van der Waals surface area contributed by atoms with Gasteiger partial charge in [-0.3, -0.25) is 14.4 Å². The van der Waals surface area contributed by atoms with Crippen LogP contribution in [0, 0.1) is 0 Å². The highest BCUT2D eigenvalue weighted by atomic mass is 16.6. The fraction of sp³-hybridized carbons (Fsp3) is 0.771. The van der Waals surface area contributed by atoms with E-state index in [1.54, 1.807) is 0 Å². The van der Waals surface area contributed by atoms with Gasteiger partial charge in [0.15, 0.2) is 6.10 Å². The monoisotopic (exact) mass is 757 g/mol. The lowest BCUT2D eigenvalue weighted by Crippen LogP contribution is -2.30. The third-order valence-corrected chi connectivity index (χ3v) is 9.57. The lowest BCUT2D eigenvalue weighted by Gasteiger charge is -2.18. The average Bonchev–Trinajstić information content (AvgIpc) is 3.17. The van der Waals surface area contributed by atoms with E-state index in [2.05, 4.69) is 69.4 Å². The van der Waals surface area contributed by atoms with Crippen molar-refractivity contribution in [1.82, 2.24) is 0 Å². The van der Waals surface area contributed by atoms with E-state index in [1.165, 1.54) is 96.3 Å². The number of carbonyl (C=O) groups is 3. The van der Waals surface area contributed by atoms with Gasteiger partial charge < -0.3 is 14.2 Å². The molecule has 0 aliphatic rings. The number of carbonyl (C=O) groups excluding carboxylic acids is 3. The molecule has 0 bridgehead atoms. The number of rotatable bonds is 40. The van der Waals surface area contributed by atoms with Crippen LogP contribution < -0.4 is 0 Å². The van der Waals surface area contributed by atoms with E-state index in [-0.39, 0.29) is 37.5 Å². The van der Waals surface area contributed by atoms with Crippen LogP contribution in [0.4, 0.5) is 0 Å². The summed E-state index contributed by atoms with van der Waals surface area (Å²) >= 11 is 0. The number of ether oxygens (including phenoxy) is 3. The van der Waals surface area contributed by atoms with Crippen LogP contribution in [0.3, 0.4) is 0 Å². The third-order valence-electron chi connectivity index (χ3n) is 9.57. The Morgan fingerprint density at radius 3 is 1.22 bits per heavy atom. The second-order valence-corrected chi connectivity index (χ2v) is 14.9. The molecular weight excluding hydrogens is 673 g/mol. The lowest BCUT2D eigenvalue weighted by atomic mass is 10.1. The molecule has 0 aliphatic carbocycles. The van der Waals surface area contributed by atoms with Gasteiger partial charge in [0.1, 0.15) is 13.2 Å². The topological polar surface area (TPSA) is 78.9 Å². The Balaban J connectivity index is 4.44. The first-order chi connectivity index (χ1) is 26.5. The van der Waals surface area contributed by atoms with Crippen molar-refractivity contribution in [3.8, 4) is 0 Å². The summed E-state index contributed by atoms with van der Waals surface area (Å²) in [5.41, 5.74) is 0. The molecule has 0 rings (SSSR count). The molecule has 0 spiro atoms. The van der Waals surface area contributed by atoms with Crippen LogP contribution in [0.1, 0.15) is 220 Å². The average molecular weight is 757 g/mol. The first-order valence-electron chi connectivity index (χ1n) is 22.6. The highest BCUT2D eigenvalue weighted by Crippen LogP contribution is 2.14. The molecule has 0 heterocycles. The van der Waals surface area contributed by atoms with Crippen molar-refractivity contribution in [3.05, 3.63) is 48.6 Å². The van der Waals surface area contributed by atoms with E-state index in [1.807, 2.05) is 0 Å². The molecule has 0 amide bonds. The van der Waals surface area contributed by atoms with Gasteiger partial charge >= 0.3 is 17.9 Å². The molecule has 0 saturated carbocycles. The van der Waals surface area contributed by atoms with Crippen LogP contribution in [0.5, 0.6) is 0 Å². The molecule has 54 heavy (non-hydrogen) atoms. The Labute approximate surface area is 333 Å². The molecule has 0 radical (unpaired) electrons. The minimum atomic E-state index is -0.799. The van der Waals surface area contributed by atoms with Gasteiger partial charge in [0, 0.05) is 19.3 Å². The summed E-state index contributed by atoms with van der Waals surface area (Å²) in [6.07, 6.45) is 49.6. The summed E-state index contributed by atoms with van der Waals surface area (Å²) in [5, 5.41) is 0. The van der Waals surface area contributed by atoms with Crippen molar-refractivity contribution in [2.24, 2.45) is 0 Å². The summed E-state index contributed by atoms with van der Waals surface area (Å²) in [5.74, 6) is -0.970. The van der Waals surface area contributed by atoms with Gasteiger partial charge in [0.2, 0.25) is 0 Å². The van der Waals surface area contributed by atoms with Crippen LogP contribution in [-0.2, 0) is 28.6 Å². The predicted molar refractivity (Wildman–Crippen MR) is 229 cm³/mol. The second-order valence-electron chi connectivity index (χ2n) is 14.9. The molecule has 1 atom stereocenters. The third kappa shape index (κ3) is 40.6. The number of hydrogen-bond donors (Lipinski definition) is 0. The van der Waals surface area contributed by atoms with E-state index in [4.69, 9.17) is 14.2 Å². The zero-order valence-corrected chi connectivity index (χ0v) is 35.5. The van der Waals surface area contributed by atoms with E-state index >= 15 is 0 Å². The van der Waals surface area contributed by atoms with Crippen molar-refractivity contribution < 1.29 is 28.6 Å². The maximum Gasteiger partial charge on any atom is 0.306 e. The SMILES string of the molecule is CC/C=C\C/C=C\C/C=C\CCCC(=O)OC(COC(=O)CCCCC/C=C\CCCCCCCCC)COC(=O)CCCCCCCCCCCCC. The maximum absolute atomic E-state index is 12.7. The van der Waals surface area contributed by atoms with Gasteiger partial charge in [0.05, 0.1) is 0 Å². The molecule has 6 nitrogen and oxygen atoms in total. The first-order valence-corrected chi connectivity index (χ1v) is 22.6. The zero-order chi connectivity index (χ0) is 39.4. The number of allylic oxidation sites excluding steroid dienone is 8. The standard InChI is InChI=1S/C48H84O6/c1-4-7-10-13-16-19-22-23-24-27-29-32-35-38-41-47(50)53-44-45(54-48(51)42-39-36-33-30-26-21-18-15-12-9-6-3)43-52-46(49)40-37-34-31-28-25-20-17-14-11-8-5-2/h9,12,18,21,24,27,30,33,45H,4-8,10-11,13-17,19-20,22-23,25-26,28-29,31-32,34-44H2,1-3H3/b12-9-,21-18-,27-24-,33-30-. The Morgan fingerprint density at radius 2 is 0.741 bits per heavy atom. The summed E-state index contributed by atoms with van der Waals surface area (Å²) in [4.78, 5) is 37.6. The highest BCUT2D eigenvalue weighted by molar-refractivity contribution is 5.71. The van der Waals surface area contributed by atoms with Crippen molar-refractivity contribution >= 4 is 17.9 Å². The van der Waals surface area contributed by atoms with Gasteiger partial charge in [-0.15, -0.1) is 0 Å². The van der Waals surface area contributed by atoms with Crippen molar-refractivity contribution in [2.75, 3.05) is 13.2 Å². The highest BCUT2D eigenvalue weighted by Gasteiger charge is 2.19. The molecule has 0 aliphatic heterocycles. The van der Waals surface area contributed by atoms with Crippen LogP contribution in [-0.4, -0.2) is 37.2 Å². The van der Waals surface area contributed by atoms with Crippen LogP contribution in [0.25, 0.3) is 0 Å². The Hall–Kier alpha value is -2.63. The summed E-state index contributed by atoms with van der Waals surface area (Å²) in [6.45, 7) is 6.44. The minimum absolute atomic E-state index is 0.0965. The first kappa shape index (κ1) is 51.4. The van der Waals surface area contributed by atoms with Gasteiger partial charge in [-0.1, -0.05) is 179 Å². The van der Waals surface area contributed by atoms with Crippen LogP contribution in [0.2, 0.25) is 0 Å². The molecule has 0 aromatic heterocycles. The van der Waals surface area contributed by atoms with Crippen LogP contribution >= 0.6 is 0 Å². The summed E-state index contributed by atoms with van der Waals surface area (Å²) in [6, 6.07) is 0.